The Morgan fingerprint density at radius 3 is 1.96 bits per heavy atom. The minimum absolute atomic E-state index is 0.00137. The predicted octanol–water partition coefficient (Wildman–Crippen LogP) is 15.2. The van der Waals surface area contributed by atoms with Gasteiger partial charge in [-0.05, 0) is 165 Å². The minimum atomic E-state index is -0.0302. The van der Waals surface area contributed by atoms with Gasteiger partial charge in [-0.1, -0.05) is 158 Å². The molecular formula is C63H62BN3. The summed E-state index contributed by atoms with van der Waals surface area (Å²) in [5.74, 6) is 0. The average Bonchev–Trinajstić information content (AvgIpc) is 3.53. The summed E-state index contributed by atoms with van der Waals surface area (Å²) in [4.78, 5) is 7.93. The van der Waals surface area contributed by atoms with Crippen molar-refractivity contribution in [1.29, 1.82) is 0 Å². The Kier molecular flexibility index (Phi) is 9.21. The summed E-state index contributed by atoms with van der Waals surface area (Å²) in [6.45, 7) is 21.7. The number of hydrogen-bond acceptors (Lipinski definition) is 3. The van der Waals surface area contributed by atoms with E-state index >= 15 is 0 Å². The van der Waals surface area contributed by atoms with Crippen LogP contribution in [0.1, 0.15) is 103 Å². The van der Waals surface area contributed by atoms with Crippen LogP contribution in [0.2, 0.25) is 0 Å². The zero-order chi connectivity index (χ0) is 46.2. The van der Waals surface area contributed by atoms with E-state index in [4.69, 9.17) is 0 Å². The Morgan fingerprint density at radius 2 is 1.19 bits per heavy atom. The van der Waals surface area contributed by atoms with Gasteiger partial charge in [0.1, 0.15) is 0 Å². The topological polar surface area (TPSA) is 9.72 Å². The van der Waals surface area contributed by atoms with Crippen molar-refractivity contribution in [3.63, 3.8) is 0 Å². The summed E-state index contributed by atoms with van der Waals surface area (Å²) < 4.78 is 0. The van der Waals surface area contributed by atoms with Crippen LogP contribution in [-0.4, -0.2) is 12.3 Å². The van der Waals surface area contributed by atoms with Gasteiger partial charge in [-0.25, -0.2) is 0 Å². The number of para-hydroxylation sites is 1. The molecule has 4 heteroatoms. The van der Waals surface area contributed by atoms with Crippen molar-refractivity contribution in [2.75, 3.05) is 14.7 Å². The molecule has 2 atom stereocenters. The molecule has 3 heterocycles. The fourth-order valence-electron chi connectivity index (χ4n) is 12.6. The number of rotatable bonds is 5. The summed E-state index contributed by atoms with van der Waals surface area (Å²) in [6, 6.07) is 62.7. The van der Waals surface area contributed by atoms with E-state index in [9.17, 15) is 0 Å². The van der Waals surface area contributed by atoms with Crippen molar-refractivity contribution in [3.8, 4) is 11.1 Å². The fourth-order valence-corrected chi connectivity index (χ4v) is 12.6. The minimum Gasteiger partial charge on any atom is -0.335 e. The molecule has 67 heavy (non-hydrogen) atoms. The molecule has 0 radical (unpaired) electrons. The molecule has 0 bridgehead atoms. The van der Waals surface area contributed by atoms with Crippen LogP contribution in [0.5, 0.6) is 0 Å². The second-order valence-corrected chi connectivity index (χ2v) is 22.7. The van der Waals surface area contributed by atoms with Crippen LogP contribution in [0.4, 0.5) is 45.5 Å². The average molecular weight is 872 g/mol. The molecule has 3 aliphatic heterocycles. The van der Waals surface area contributed by atoms with E-state index in [2.05, 4.69) is 241 Å². The smallest absolute Gasteiger partial charge is 0.252 e. The Balaban J connectivity index is 1.11. The molecule has 1 fully saturated rings. The summed E-state index contributed by atoms with van der Waals surface area (Å²) in [6.07, 6.45) is 4.94. The van der Waals surface area contributed by atoms with Crippen molar-refractivity contribution in [3.05, 3.63) is 186 Å². The Labute approximate surface area is 399 Å². The first-order valence-corrected chi connectivity index (χ1v) is 24.8. The van der Waals surface area contributed by atoms with E-state index in [1.807, 2.05) is 0 Å². The lowest BCUT2D eigenvalue weighted by atomic mass is 9.33. The molecule has 2 unspecified atom stereocenters. The van der Waals surface area contributed by atoms with Crippen molar-refractivity contribution in [2.24, 2.45) is 0 Å². The molecular weight excluding hydrogens is 810 g/mol. The first-order chi connectivity index (χ1) is 32.1. The van der Waals surface area contributed by atoms with Gasteiger partial charge < -0.3 is 14.7 Å². The molecule has 332 valence electrons. The van der Waals surface area contributed by atoms with Gasteiger partial charge in [-0.3, -0.25) is 0 Å². The van der Waals surface area contributed by atoms with Gasteiger partial charge in [0.15, 0.2) is 0 Å². The summed E-state index contributed by atoms with van der Waals surface area (Å²) >= 11 is 0. The van der Waals surface area contributed by atoms with Crippen LogP contribution in [0.25, 0.3) is 21.9 Å². The molecule has 0 saturated heterocycles. The van der Waals surface area contributed by atoms with Crippen molar-refractivity contribution in [2.45, 2.75) is 110 Å². The zero-order valence-corrected chi connectivity index (χ0v) is 40.8. The Bertz CT molecular complexity index is 3280. The van der Waals surface area contributed by atoms with Crippen molar-refractivity contribution < 1.29 is 0 Å². The molecule has 8 aromatic rings. The van der Waals surface area contributed by atoms with E-state index in [1.54, 1.807) is 5.56 Å². The maximum atomic E-state index is 2.86. The Hall–Kier alpha value is -6.52. The lowest BCUT2D eigenvalue weighted by Gasteiger charge is -2.52. The maximum Gasteiger partial charge on any atom is 0.252 e. The molecule has 0 aromatic heterocycles. The van der Waals surface area contributed by atoms with Gasteiger partial charge >= 0.3 is 0 Å². The molecule has 0 spiro atoms. The van der Waals surface area contributed by atoms with Crippen LogP contribution in [0, 0.1) is 6.92 Å². The molecule has 12 rings (SSSR count). The first kappa shape index (κ1) is 41.9. The zero-order valence-electron chi connectivity index (χ0n) is 40.8. The molecule has 3 nitrogen and oxygen atoms in total. The molecule has 8 aromatic carbocycles. The van der Waals surface area contributed by atoms with E-state index in [1.165, 1.54) is 109 Å². The molecule has 0 N–H and O–H groups in total. The molecule has 4 aliphatic rings. The second kappa shape index (κ2) is 14.7. The summed E-state index contributed by atoms with van der Waals surface area (Å²) in [5, 5.41) is 2.51. The number of anilines is 8. The van der Waals surface area contributed by atoms with Crippen LogP contribution >= 0.6 is 0 Å². The van der Waals surface area contributed by atoms with Crippen LogP contribution < -0.4 is 31.1 Å². The number of nitrogens with zero attached hydrogens (tertiary/aromatic N) is 3. The van der Waals surface area contributed by atoms with E-state index in [-0.39, 0.29) is 28.5 Å². The third-order valence-electron chi connectivity index (χ3n) is 16.5. The second-order valence-electron chi connectivity index (χ2n) is 22.7. The molecule has 1 saturated carbocycles. The monoisotopic (exact) mass is 872 g/mol. The van der Waals surface area contributed by atoms with E-state index in [0.717, 1.165) is 17.1 Å². The van der Waals surface area contributed by atoms with E-state index < -0.39 is 0 Å². The third-order valence-corrected chi connectivity index (χ3v) is 16.5. The van der Waals surface area contributed by atoms with Gasteiger partial charge in [-0.2, -0.15) is 0 Å². The van der Waals surface area contributed by atoms with Crippen molar-refractivity contribution in [1.82, 2.24) is 0 Å². The highest BCUT2D eigenvalue weighted by atomic mass is 15.3. The van der Waals surface area contributed by atoms with Gasteiger partial charge in [0.25, 0.3) is 6.71 Å². The predicted molar refractivity (Wildman–Crippen MR) is 288 cm³/mol. The highest BCUT2D eigenvalue weighted by molar-refractivity contribution is 7.00. The SMILES string of the molecule is Cc1cc2c3c(c1)N1c4c(cc(C(C)(C)C)cc4C4(C)CCCCC14C)B3c1ccc(N(c3ccc(C(C)(C)C)cc3)c3cccc(-c4ccc5ccccc5c4)c3)cc1N2c1ccccc1. The lowest BCUT2D eigenvalue weighted by molar-refractivity contribution is 0.195. The van der Waals surface area contributed by atoms with Gasteiger partial charge in [-0.15, -0.1) is 0 Å². The quantitative estimate of drug-likeness (QED) is 0.160. The normalized spacial score (nSPS) is 19.2. The maximum absolute atomic E-state index is 2.86. The van der Waals surface area contributed by atoms with Crippen LogP contribution in [0.3, 0.4) is 0 Å². The number of hydrogen-bond donors (Lipinski definition) is 0. The number of fused-ring (bicyclic) bond motifs is 8. The highest BCUT2D eigenvalue weighted by Gasteiger charge is 2.61. The third kappa shape index (κ3) is 6.31. The first-order valence-electron chi connectivity index (χ1n) is 24.8. The van der Waals surface area contributed by atoms with Gasteiger partial charge in [0.05, 0.1) is 5.54 Å². The molecule has 1 aliphatic carbocycles. The highest BCUT2D eigenvalue weighted by Crippen LogP contribution is 2.62. The van der Waals surface area contributed by atoms with Crippen LogP contribution in [-0.2, 0) is 16.2 Å². The number of benzene rings is 8. The van der Waals surface area contributed by atoms with Gasteiger partial charge in [0.2, 0.25) is 0 Å². The molecule has 0 amide bonds. The summed E-state index contributed by atoms with van der Waals surface area (Å²) in [5.41, 5.74) is 22.3. The van der Waals surface area contributed by atoms with Gasteiger partial charge in [0, 0.05) is 50.9 Å². The fraction of sp³-hybridized carbons (Fsp3) is 0.270. The Morgan fingerprint density at radius 1 is 0.522 bits per heavy atom. The largest absolute Gasteiger partial charge is 0.335 e. The summed E-state index contributed by atoms with van der Waals surface area (Å²) in [7, 11) is 0. The van der Waals surface area contributed by atoms with E-state index in [0.29, 0.717) is 0 Å². The lowest BCUT2D eigenvalue weighted by Crippen LogP contribution is -2.64. The van der Waals surface area contributed by atoms with Crippen LogP contribution in [0.15, 0.2) is 164 Å². The number of aryl methyl sites for hydroxylation is 1. The van der Waals surface area contributed by atoms with Crippen molar-refractivity contribution >= 4 is 79.4 Å². The standard InChI is InChI=1S/C63H62BN3/c1-41-34-56-58-57(35-41)67-59-52(62(8)32-15-16-33-63(62,67)9)38-47(61(5,6)7)39-54(59)64(58)53-31-30-51(40-55(53)66(56)48-21-11-10-12-22-48)65(49-28-26-46(27-29-49)60(2,3)4)50-23-17-20-44(37-50)45-25-24-42-18-13-14-19-43(42)36-45/h10-14,17-31,34-40H,15-16,32-33H2,1-9H3.